The third-order valence-corrected chi connectivity index (χ3v) is 2.43. The zero-order chi connectivity index (χ0) is 9.19. The number of carbonyl (C=O) groups excluding carboxylic acids is 1. The summed E-state index contributed by atoms with van der Waals surface area (Å²) < 4.78 is 0. The van der Waals surface area contributed by atoms with Crippen molar-refractivity contribution >= 4 is 5.91 Å². The molecule has 2 N–H and O–H groups in total. The van der Waals surface area contributed by atoms with E-state index in [1.807, 2.05) is 0 Å². The first-order chi connectivity index (χ1) is 5.60. The van der Waals surface area contributed by atoms with Gasteiger partial charge >= 0.3 is 0 Å². The van der Waals surface area contributed by atoms with E-state index in [0.29, 0.717) is 6.04 Å². The van der Waals surface area contributed by atoms with Crippen molar-refractivity contribution in [2.75, 3.05) is 7.05 Å². The summed E-state index contributed by atoms with van der Waals surface area (Å²) in [5.41, 5.74) is -0.247. The molecule has 1 fully saturated rings. The molecule has 0 heterocycles. The van der Waals surface area contributed by atoms with Crippen molar-refractivity contribution in [1.29, 1.82) is 0 Å². The molecule has 0 aromatic carbocycles. The Morgan fingerprint density at radius 1 is 1.42 bits per heavy atom. The Bertz CT molecular complexity index is 173. The molecule has 0 aliphatic heterocycles. The number of hydrogen-bond donors (Lipinski definition) is 2. The van der Waals surface area contributed by atoms with Crippen molar-refractivity contribution in [3.63, 3.8) is 0 Å². The molecule has 0 radical (unpaired) electrons. The van der Waals surface area contributed by atoms with Crippen LogP contribution >= 0.6 is 0 Å². The second-order valence-corrected chi connectivity index (χ2v) is 3.81. The number of hydrogen-bond acceptors (Lipinski definition) is 2. The Hall–Kier alpha value is -0.570. The van der Waals surface area contributed by atoms with Crippen molar-refractivity contribution in [2.24, 2.45) is 0 Å². The van der Waals surface area contributed by atoms with Gasteiger partial charge in [-0.15, -0.1) is 0 Å². The van der Waals surface area contributed by atoms with Crippen molar-refractivity contribution in [3.05, 3.63) is 0 Å². The Labute approximate surface area is 73.9 Å². The lowest BCUT2D eigenvalue weighted by Gasteiger charge is -2.42. The molecule has 1 aliphatic rings. The largest absolute Gasteiger partial charge is 0.358 e. The number of likely N-dealkylation sites (N-methyl/N-ethyl adjacent to an activating group) is 1. The maximum Gasteiger partial charge on any atom is 0.240 e. The lowest BCUT2D eigenvalue weighted by Crippen LogP contribution is -2.62. The quantitative estimate of drug-likeness (QED) is 0.653. The first kappa shape index (κ1) is 9.52. The minimum absolute atomic E-state index is 0.141. The Kier molecular flexibility index (Phi) is 2.73. The van der Waals surface area contributed by atoms with Crippen molar-refractivity contribution < 1.29 is 4.79 Å². The summed E-state index contributed by atoms with van der Waals surface area (Å²) in [6.07, 6.45) is 3.11. The fourth-order valence-corrected chi connectivity index (χ4v) is 1.76. The van der Waals surface area contributed by atoms with Gasteiger partial charge in [0, 0.05) is 13.1 Å². The molecule has 1 saturated carbocycles. The molecule has 1 rings (SSSR count). The van der Waals surface area contributed by atoms with Crippen LogP contribution in [-0.2, 0) is 4.79 Å². The fraction of sp³-hybridized carbons (Fsp3) is 0.889. The van der Waals surface area contributed by atoms with Crippen LogP contribution in [0.5, 0.6) is 0 Å². The smallest absolute Gasteiger partial charge is 0.240 e. The minimum Gasteiger partial charge on any atom is -0.358 e. The highest BCUT2D eigenvalue weighted by molar-refractivity contribution is 5.87. The zero-order valence-electron chi connectivity index (χ0n) is 8.11. The summed E-state index contributed by atoms with van der Waals surface area (Å²) in [7, 11) is 1.70. The van der Waals surface area contributed by atoms with E-state index in [-0.39, 0.29) is 11.4 Å². The summed E-state index contributed by atoms with van der Waals surface area (Å²) in [6, 6.07) is 0.377. The van der Waals surface area contributed by atoms with Gasteiger partial charge in [0.15, 0.2) is 0 Å². The summed E-state index contributed by atoms with van der Waals surface area (Å²) in [4.78, 5) is 11.5. The van der Waals surface area contributed by atoms with Gasteiger partial charge < -0.3 is 10.6 Å². The molecule has 0 aromatic rings. The molecule has 0 atom stereocenters. The van der Waals surface area contributed by atoms with Crippen LogP contribution in [0.4, 0.5) is 0 Å². The number of carbonyl (C=O) groups is 1. The van der Waals surface area contributed by atoms with Gasteiger partial charge in [-0.3, -0.25) is 4.79 Å². The standard InChI is InChI=1S/C9H18N2O/c1-7(2)11-9(5-4-6-9)8(12)10-3/h7,11H,4-6H2,1-3H3,(H,10,12). The van der Waals surface area contributed by atoms with Crippen molar-refractivity contribution in [3.8, 4) is 0 Å². The van der Waals surface area contributed by atoms with Crippen LogP contribution in [0.25, 0.3) is 0 Å². The van der Waals surface area contributed by atoms with Gasteiger partial charge in [-0.2, -0.15) is 0 Å². The average molecular weight is 170 g/mol. The SMILES string of the molecule is CNC(=O)C1(NC(C)C)CCC1. The van der Waals surface area contributed by atoms with Crippen LogP contribution in [0.15, 0.2) is 0 Å². The highest BCUT2D eigenvalue weighted by Gasteiger charge is 2.43. The second kappa shape index (κ2) is 3.44. The van der Waals surface area contributed by atoms with Crippen LogP contribution in [0.2, 0.25) is 0 Å². The molecule has 12 heavy (non-hydrogen) atoms. The summed E-state index contributed by atoms with van der Waals surface area (Å²) in [5, 5.41) is 6.04. The summed E-state index contributed by atoms with van der Waals surface area (Å²) in [5.74, 6) is 0.141. The molecule has 0 saturated heterocycles. The normalized spacial score (nSPS) is 20.3. The topological polar surface area (TPSA) is 41.1 Å². The fourth-order valence-electron chi connectivity index (χ4n) is 1.76. The van der Waals surface area contributed by atoms with E-state index in [1.165, 1.54) is 0 Å². The molecular weight excluding hydrogens is 152 g/mol. The zero-order valence-corrected chi connectivity index (χ0v) is 8.11. The van der Waals surface area contributed by atoms with E-state index in [9.17, 15) is 4.79 Å². The molecule has 3 heteroatoms. The van der Waals surface area contributed by atoms with Crippen molar-refractivity contribution in [2.45, 2.75) is 44.7 Å². The van der Waals surface area contributed by atoms with Crippen LogP contribution in [0, 0.1) is 0 Å². The summed E-state index contributed by atoms with van der Waals surface area (Å²) >= 11 is 0. The third-order valence-electron chi connectivity index (χ3n) is 2.43. The Morgan fingerprint density at radius 3 is 2.25 bits per heavy atom. The van der Waals surface area contributed by atoms with Gasteiger partial charge in [0.1, 0.15) is 0 Å². The van der Waals surface area contributed by atoms with E-state index in [1.54, 1.807) is 7.05 Å². The van der Waals surface area contributed by atoms with E-state index >= 15 is 0 Å². The highest BCUT2D eigenvalue weighted by Crippen LogP contribution is 2.32. The van der Waals surface area contributed by atoms with E-state index < -0.39 is 0 Å². The second-order valence-electron chi connectivity index (χ2n) is 3.81. The molecule has 0 unspecified atom stereocenters. The monoisotopic (exact) mass is 170 g/mol. The average Bonchev–Trinajstić information content (AvgIpc) is 1.95. The van der Waals surface area contributed by atoms with E-state index in [2.05, 4.69) is 24.5 Å². The Morgan fingerprint density at radius 2 is 2.00 bits per heavy atom. The van der Waals surface area contributed by atoms with Crippen LogP contribution in [0.3, 0.4) is 0 Å². The minimum atomic E-state index is -0.247. The summed E-state index contributed by atoms with van der Waals surface area (Å²) in [6.45, 7) is 4.14. The van der Waals surface area contributed by atoms with E-state index in [0.717, 1.165) is 19.3 Å². The molecule has 1 amide bonds. The van der Waals surface area contributed by atoms with Gasteiger partial charge in [-0.25, -0.2) is 0 Å². The van der Waals surface area contributed by atoms with Gasteiger partial charge in [0.25, 0.3) is 0 Å². The predicted molar refractivity (Wildman–Crippen MR) is 48.9 cm³/mol. The van der Waals surface area contributed by atoms with Crippen LogP contribution in [0.1, 0.15) is 33.1 Å². The number of nitrogens with one attached hydrogen (secondary N) is 2. The highest BCUT2D eigenvalue weighted by atomic mass is 16.2. The lowest BCUT2D eigenvalue weighted by atomic mass is 9.75. The van der Waals surface area contributed by atoms with Gasteiger partial charge in [0.05, 0.1) is 5.54 Å². The van der Waals surface area contributed by atoms with Crippen molar-refractivity contribution in [1.82, 2.24) is 10.6 Å². The predicted octanol–water partition coefficient (Wildman–Crippen LogP) is 0.653. The molecule has 0 aromatic heterocycles. The molecule has 0 bridgehead atoms. The van der Waals surface area contributed by atoms with E-state index in [4.69, 9.17) is 0 Å². The number of amides is 1. The molecule has 3 nitrogen and oxygen atoms in total. The lowest BCUT2D eigenvalue weighted by molar-refractivity contribution is -0.131. The molecule has 1 aliphatic carbocycles. The maximum atomic E-state index is 11.5. The molecule has 0 spiro atoms. The maximum absolute atomic E-state index is 11.5. The molecule has 70 valence electrons. The van der Waals surface area contributed by atoms with Crippen LogP contribution < -0.4 is 10.6 Å². The Balaban J connectivity index is 2.56. The van der Waals surface area contributed by atoms with Crippen LogP contribution in [-0.4, -0.2) is 24.5 Å². The van der Waals surface area contributed by atoms with Gasteiger partial charge in [-0.05, 0) is 33.1 Å². The first-order valence-corrected chi connectivity index (χ1v) is 4.60. The van der Waals surface area contributed by atoms with Gasteiger partial charge in [0.2, 0.25) is 5.91 Å². The number of rotatable bonds is 3. The first-order valence-electron chi connectivity index (χ1n) is 4.60. The van der Waals surface area contributed by atoms with Gasteiger partial charge in [-0.1, -0.05) is 0 Å². The third kappa shape index (κ3) is 1.61. The molecular formula is C9H18N2O.